The molecule has 1 aliphatic rings. The lowest BCUT2D eigenvalue weighted by Crippen LogP contribution is -2.63. The molecular formula is C15H12ClN5O5. The molecule has 2 aromatic rings. The smallest absolute Gasteiger partial charge is 0.276 e. The topological polar surface area (TPSA) is 128 Å². The molecule has 0 radical (unpaired) electrons. The standard InChI is InChI=1S/C15H12ClN5O5/c16-13-14(9-3-1-2-4-10(9)21(24)25)20(15(13)23)19-11(22)8-26-12-7-17-5-6-18-12/h1-7,13-14H,8H2,(H,19,22). The van der Waals surface area contributed by atoms with E-state index in [1.54, 1.807) is 6.07 Å². The summed E-state index contributed by atoms with van der Waals surface area (Å²) in [6.07, 6.45) is 4.17. The van der Waals surface area contributed by atoms with E-state index < -0.39 is 34.8 Å². The molecule has 26 heavy (non-hydrogen) atoms. The second-order valence-corrected chi connectivity index (χ2v) is 5.71. The summed E-state index contributed by atoms with van der Waals surface area (Å²) in [5, 5.41) is 11.1. The van der Waals surface area contributed by atoms with Crippen molar-refractivity contribution < 1.29 is 19.2 Å². The number of aromatic nitrogens is 2. The number of para-hydroxylation sites is 1. The molecule has 1 fully saturated rings. The number of β-lactam (4-membered cyclic amide) rings is 1. The fourth-order valence-corrected chi connectivity index (χ4v) is 2.80. The molecule has 0 aliphatic carbocycles. The van der Waals surface area contributed by atoms with Gasteiger partial charge in [0.15, 0.2) is 6.61 Å². The quantitative estimate of drug-likeness (QED) is 0.344. The Kier molecular flexibility index (Phi) is 4.94. The first-order chi connectivity index (χ1) is 12.5. The lowest BCUT2D eigenvalue weighted by molar-refractivity contribution is -0.386. The van der Waals surface area contributed by atoms with E-state index in [1.165, 1.54) is 36.8 Å². The van der Waals surface area contributed by atoms with Crippen LogP contribution in [0.5, 0.6) is 5.88 Å². The van der Waals surface area contributed by atoms with E-state index in [4.69, 9.17) is 16.3 Å². The number of ether oxygens (including phenoxy) is 1. The number of amides is 2. The molecule has 11 heteroatoms. The summed E-state index contributed by atoms with van der Waals surface area (Å²) in [5.41, 5.74) is 2.39. The van der Waals surface area contributed by atoms with Crippen molar-refractivity contribution in [2.45, 2.75) is 11.4 Å². The van der Waals surface area contributed by atoms with Crippen LogP contribution in [0.15, 0.2) is 42.9 Å². The van der Waals surface area contributed by atoms with Gasteiger partial charge >= 0.3 is 0 Å². The summed E-state index contributed by atoms with van der Waals surface area (Å²) in [7, 11) is 0. The Bertz CT molecular complexity index is 849. The second kappa shape index (κ2) is 7.31. The van der Waals surface area contributed by atoms with Gasteiger partial charge < -0.3 is 4.74 Å². The SMILES string of the molecule is O=C(COc1cnccn1)NN1C(=O)C(Cl)C1c1ccccc1[N+](=O)[O-]. The van der Waals surface area contributed by atoms with Gasteiger partial charge in [-0.25, -0.2) is 9.99 Å². The van der Waals surface area contributed by atoms with Crippen LogP contribution in [0.2, 0.25) is 0 Å². The Hall–Kier alpha value is -3.27. The van der Waals surface area contributed by atoms with Gasteiger partial charge in [-0.3, -0.25) is 30.1 Å². The van der Waals surface area contributed by atoms with Crippen LogP contribution in [0.1, 0.15) is 11.6 Å². The molecule has 1 aliphatic heterocycles. The Balaban J connectivity index is 1.70. The van der Waals surface area contributed by atoms with Crippen LogP contribution in [0.25, 0.3) is 0 Å². The number of hydrogen-bond donors (Lipinski definition) is 1. The monoisotopic (exact) mass is 377 g/mol. The van der Waals surface area contributed by atoms with Crippen LogP contribution in [0.4, 0.5) is 5.69 Å². The summed E-state index contributed by atoms with van der Waals surface area (Å²) < 4.78 is 5.14. The van der Waals surface area contributed by atoms with E-state index in [9.17, 15) is 19.7 Å². The number of nitrogens with one attached hydrogen (secondary N) is 1. The third-order valence-electron chi connectivity index (χ3n) is 3.62. The van der Waals surface area contributed by atoms with E-state index in [2.05, 4.69) is 15.4 Å². The van der Waals surface area contributed by atoms with Crippen LogP contribution in [0, 0.1) is 10.1 Å². The fraction of sp³-hybridized carbons (Fsp3) is 0.200. The van der Waals surface area contributed by atoms with E-state index in [1.807, 2.05) is 0 Å². The molecule has 134 valence electrons. The van der Waals surface area contributed by atoms with E-state index >= 15 is 0 Å². The minimum atomic E-state index is -1.02. The number of benzene rings is 1. The molecule has 1 N–H and O–H groups in total. The molecule has 1 aromatic heterocycles. The van der Waals surface area contributed by atoms with Crippen molar-refractivity contribution in [2.24, 2.45) is 0 Å². The van der Waals surface area contributed by atoms with Crippen molar-refractivity contribution in [1.29, 1.82) is 0 Å². The Labute approximate surface area is 151 Å². The predicted molar refractivity (Wildman–Crippen MR) is 88.0 cm³/mol. The second-order valence-electron chi connectivity index (χ2n) is 5.24. The lowest BCUT2D eigenvalue weighted by atomic mass is 9.94. The van der Waals surface area contributed by atoms with E-state index in [-0.39, 0.29) is 17.1 Å². The van der Waals surface area contributed by atoms with Gasteiger partial charge in [-0.1, -0.05) is 12.1 Å². The number of nitro benzene ring substituents is 1. The van der Waals surface area contributed by atoms with Gasteiger partial charge in [0.25, 0.3) is 17.5 Å². The molecule has 1 aromatic carbocycles. The maximum atomic E-state index is 12.0. The number of alkyl halides is 1. The van der Waals surface area contributed by atoms with Gasteiger partial charge in [-0.2, -0.15) is 0 Å². The molecule has 10 nitrogen and oxygen atoms in total. The van der Waals surface area contributed by atoms with Crippen molar-refractivity contribution in [2.75, 3.05) is 6.61 Å². The minimum Gasteiger partial charge on any atom is -0.466 e. The van der Waals surface area contributed by atoms with Crippen LogP contribution in [-0.4, -0.2) is 43.7 Å². The highest BCUT2D eigenvalue weighted by atomic mass is 35.5. The highest BCUT2D eigenvalue weighted by Gasteiger charge is 2.50. The number of nitrogens with zero attached hydrogens (tertiary/aromatic N) is 4. The summed E-state index contributed by atoms with van der Waals surface area (Å²) in [6.45, 7) is -0.418. The first-order valence-corrected chi connectivity index (χ1v) is 7.81. The molecule has 0 saturated carbocycles. The first-order valence-electron chi connectivity index (χ1n) is 7.38. The lowest BCUT2D eigenvalue weighted by Gasteiger charge is -2.43. The van der Waals surface area contributed by atoms with Gasteiger partial charge in [0.2, 0.25) is 5.88 Å². The molecule has 2 amide bonds. The zero-order valence-corrected chi connectivity index (χ0v) is 13.9. The molecular weight excluding hydrogens is 366 g/mol. The third kappa shape index (κ3) is 3.40. The highest BCUT2D eigenvalue weighted by Crippen LogP contribution is 2.40. The van der Waals surface area contributed by atoms with E-state index in [0.717, 1.165) is 5.01 Å². The average molecular weight is 378 g/mol. The normalized spacial score (nSPS) is 18.8. The number of rotatable bonds is 6. The van der Waals surface area contributed by atoms with Crippen LogP contribution in [-0.2, 0) is 9.59 Å². The summed E-state index contributed by atoms with van der Waals surface area (Å²) in [6, 6.07) is 5.03. The Morgan fingerprint density at radius 3 is 2.85 bits per heavy atom. The third-order valence-corrected chi connectivity index (χ3v) is 4.04. The number of halogens is 1. The Morgan fingerprint density at radius 2 is 2.15 bits per heavy atom. The minimum absolute atomic E-state index is 0.142. The predicted octanol–water partition coefficient (Wildman–Crippen LogP) is 0.986. The number of hydrogen-bond acceptors (Lipinski definition) is 7. The largest absolute Gasteiger partial charge is 0.466 e. The zero-order chi connectivity index (χ0) is 18.7. The number of nitro groups is 1. The average Bonchev–Trinajstić information content (AvgIpc) is 2.66. The summed E-state index contributed by atoms with van der Waals surface area (Å²) >= 11 is 6.01. The van der Waals surface area contributed by atoms with Gasteiger partial charge in [-0.15, -0.1) is 11.6 Å². The van der Waals surface area contributed by atoms with Crippen molar-refractivity contribution in [3.8, 4) is 5.88 Å². The molecule has 3 rings (SSSR count). The maximum Gasteiger partial charge on any atom is 0.276 e. The van der Waals surface area contributed by atoms with E-state index in [0.29, 0.717) is 0 Å². The van der Waals surface area contributed by atoms with Crippen molar-refractivity contribution in [1.82, 2.24) is 20.4 Å². The van der Waals surface area contributed by atoms with Crippen LogP contribution < -0.4 is 10.2 Å². The van der Waals surface area contributed by atoms with Gasteiger partial charge in [0, 0.05) is 18.5 Å². The molecule has 0 spiro atoms. The van der Waals surface area contributed by atoms with Gasteiger partial charge in [-0.05, 0) is 6.07 Å². The maximum absolute atomic E-state index is 12.0. The van der Waals surface area contributed by atoms with Gasteiger partial charge in [0.1, 0.15) is 11.4 Å². The highest BCUT2D eigenvalue weighted by molar-refractivity contribution is 6.33. The van der Waals surface area contributed by atoms with Crippen molar-refractivity contribution in [3.05, 3.63) is 58.5 Å². The molecule has 0 bridgehead atoms. The zero-order valence-electron chi connectivity index (χ0n) is 13.1. The van der Waals surface area contributed by atoms with Crippen molar-refractivity contribution >= 4 is 29.1 Å². The first kappa shape index (κ1) is 17.5. The number of carbonyl (C=O) groups is 2. The molecule has 1 saturated heterocycles. The van der Waals surface area contributed by atoms with Gasteiger partial charge in [0.05, 0.1) is 16.7 Å². The number of carbonyl (C=O) groups excluding carboxylic acids is 2. The molecule has 2 unspecified atom stereocenters. The number of hydrazine groups is 1. The van der Waals surface area contributed by atoms with Crippen molar-refractivity contribution in [3.63, 3.8) is 0 Å². The van der Waals surface area contributed by atoms with Crippen LogP contribution >= 0.6 is 11.6 Å². The molecule has 2 atom stereocenters. The summed E-state index contributed by atoms with van der Waals surface area (Å²) in [4.78, 5) is 42.2. The molecule has 2 heterocycles. The van der Waals surface area contributed by atoms with Crippen LogP contribution in [0.3, 0.4) is 0 Å². The summed E-state index contributed by atoms with van der Waals surface area (Å²) in [5.74, 6) is -1.07. The fourth-order valence-electron chi connectivity index (χ4n) is 2.45. The Morgan fingerprint density at radius 1 is 1.38 bits per heavy atom.